The molecule has 0 unspecified atom stereocenters. The molecule has 1 N–H and O–H groups in total. The van der Waals surface area contributed by atoms with Gasteiger partial charge in [0.25, 0.3) is 5.56 Å². The van der Waals surface area contributed by atoms with Crippen LogP contribution in [0.5, 0.6) is 0 Å². The van der Waals surface area contributed by atoms with E-state index >= 15 is 0 Å². The summed E-state index contributed by atoms with van der Waals surface area (Å²) in [5.41, 5.74) is 3.74. The van der Waals surface area contributed by atoms with E-state index in [2.05, 4.69) is 5.32 Å². The zero-order chi connectivity index (χ0) is 28.5. The topological polar surface area (TPSA) is 98.4 Å². The molecule has 208 valence electrons. The fraction of sp³-hybridized carbons (Fsp3) is 0.355. The van der Waals surface area contributed by atoms with E-state index in [0.29, 0.717) is 35.2 Å². The van der Waals surface area contributed by atoms with Crippen molar-refractivity contribution in [1.29, 1.82) is 0 Å². The Morgan fingerprint density at radius 3 is 2.38 bits per heavy atom. The molecule has 0 aliphatic heterocycles. The predicted octanol–water partition coefficient (Wildman–Crippen LogP) is 6.15. The van der Waals surface area contributed by atoms with Gasteiger partial charge in [-0.25, -0.2) is 17.6 Å². The molecule has 2 fully saturated rings. The van der Waals surface area contributed by atoms with Crippen LogP contribution in [0.1, 0.15) is 59.7 Å². The second-order valence-corrected chi connectivity index (χ2v) is 13.4. The lowest BCUT2D eigenvalue weighted by molar-refractivity contribution is 0.552. The lowest BCUT2D eigenvalue weighted by Crippen LogP contribution is -2.25. The smallest absolute Gasteiger partial charge is 0.341 e. The number of sulfone groups is 1. The Morgan fingerprint density at radius 2 is 1.73 bits per heavy atom. The van der Waals surface area contributed by atoms with E-state index in [0.717, 1.165) is 24.0 Å². The van der Waals surface area contributed by atoms with Gasteiger partial charge in [-0.2, -0.15) is 0 Å². The van der Waals surface area contributed by atoms with Gasteiger partial charge in [-0.1, -0.05) is 24.3 Å². The van der Waals surface area contributed by atoms with E-state index in [1.54, 1.807) is 42.7 Å². The summed E-state index contributed by atoms with van der Waals surface area (Å²) in [7, 11) is -3.27. The van der Waals surface area contributed by atoms with Crippen LogP contribution in [0, 0.1) is 33.5 Å². The van der Waals surface area contributed by atoms with Gasteiger partial charge in [-0.05, 0) is 87.8 Å². The zero-order valence-corrected chi connectivity index (χ0v) is 23.7. The molecule has 2 aromatic carbocycles. The highest BCUT2D eigenvalue weighted by molar-refractivity contribution is 7.91. The molecule has 0 saturated heterocycles. The van der Waals surface area contributed by atoms with E-state index in [1.165, 1.54) is 6.07 Å². The van der Waals surface area contributed by atoms with Crippen molar-refractivity contribution in [3.05, 3.63) is 90.9 Å². The Labute approximate surface area is 231 Å². The first-order valence-electron chi connectivity index (χ1n) is 13.5. The van der Waals surface area contributed by atoms with E-state index in [-0.39, 0.29) is 50.5 Å². The molecule has 2 aliphatic rings. The molecule has 6 rings (SSSR count). The number of anilines is 2. The van der Waals surface area contributed by atoms with Gasteiger partial charge in [-0.15, -0.1) is 0 Å². The molecule has 2 saturated carbocycles. The monoisotopic (exact) mass is 562 g/mol. The first kappa shape index (κ1) is 26.5. The Morgan fingerprint density at radius 1 is 1.00 bits per heavy atom. The number of hydrogen-bond donors (Lipinski definition) is 1. The maximum absolute atomic E-state index is 14.9. The highest BCUT2D eigenvalue weighted by Gasteiger charge is 2.36. The van der Waals surface area contributed by atoms with Gasteiger partial charge in [0.2, 0.25) is 0 Å². The number of nitrogens with zero attached hydrogens (tertiary/aromatic N) is 1. The Bertz CT molecular complexity index is 1930. The van der Waals surface area contributed by atoms with E-state index in [9.17, 15) is 22.4 Å². The molecule has 0 radical (unpaired) electrons. The Kier molecular flexibility index (Phi) is 6.25. The van der Waals surface area contributed by atoms with E-state index < -0.39 is 21.3 Å². The van der Waals surface area contributed by atoms with Crippen LogP contribution in [0.2, 0.25) is 0 Å². The first-order chi connectivity index (χ1) is 19.0. The number of aryl methyl sites for hydroxylation is 1. The summed E-state index contributed by atoms with van der Waals surface area (Å²) in [5.74, 6) is -0.574. The normalized spacial score (nSPS) is 15.5. The van der Waals surface area contributed by atoms with Gasteiger partial charge in [0.15, 0.2) is 15.4 Å². The molecule has 9 heteroatoms. The minimum atomic E-state index is -3.27. The zero-order valence-electron chi connectivity index (χ0n) is 22.9. The number of rotatable bonds is 7. The fourth-order valence-electron chi connectivity index (χ4n) is 5.54. The maximum Gasteiger partial charge on any atom is 0.341 e. The minimum absolute atomic E-state index is 0.00517. The molecule has 40 heavy (non-hydrogen) atoms. The van der Waals surface area contributed by atoms with Crippen LogP contribution in [0.15, 0.2) is 50.4 Å². The Balaban J connectivity index is 1.64. The van der Waals surface area contributed by atoms with E-state index in [4.69, 9.17) is 4.42 Å². The average molecular weight is 563 g/mol. The van der Waals surface area contributed by atoms with Crippen molar-refractivity contribution < 1.29 is 17.2 Å². The summed E-state index contributed by atoms with van der Waals surface area (Å²) in [6.45, 7) is 7.02. The summed E-state index contributed by atoms with van der Waals surface area (Å²) in [5, 5.41) is 2.91. The van der Waals surface area contributed by atoms with Crippen LogP contribution in [-0.2, 0) is 15.6 Å². The highest BCUT2D eigenvalue weighted by atomic mass is 32.2. The number of aromatic nitrogens is 1. The predicted molar refractivity (Wildman–Crippen MR) is 155 cm³/mol. The third kappa shape index (κ3) is 4.46. The average Bonchev–Trinajstić information content (AvgIpc) is 3.79. The summed E-state index contributed by atoms with van der Waals surface area (Å²) in [6.07, 6.45) is 3.07. The fourth-order valence-corrected chi connectivity index (χ4v) is 7.37. The number of fused-ring (bicyclic) bond motifs is 1. The molecule has 0 spiro atoms. The maximum atomic E-state index is 14.9. The van der Waals surface area contributed by atoms with Crippen LogP contribution in [-0.4, -0.2) is 18.2 Å². The number of nitrogens with one attached hydrogen (secondary N) is 1. The van der Waals surface area contributed by atoms with Gasteiger partial charge in [0.1, 0.15) is 11.2 Å². The van der Waals surface area contributed by atoms with Crippen LogP contribution in [0.4, 0.5) is 15.8 Å². The van der Waals surface area contributed by atoms with Gasteiger partial charge < -0.3 is 14.3 Å². The van der Waals surface area contributed by atoms with Crippen molar-refractivity contribution >= 4 is 32.2 Å². The Hall–Kier alpha value is -3.72. The molecule has 2 heterocycles. The minimum Gasteiger partial charge on any atom is -0.421 e. The van der Waals surface area contributed by atoms with E-state index in [1.807, 2.05) is 19.9 Å². The second-order valence-electron chi connectivity index (χ2n) is 11.2. The number of halogens is 1. The lowest BCUT2D eigenvalue weighted by Gasteiger charge is -2.21. The van der Waals surface area contributed by atoms with Crippen molar-refractivity contribution in [2.75, 3.05) is 5.32 Å². The SMILES string of the molecule is Cc1ccc(Nc2c(C)c(=O)oc3c(-c4cccc(CS(=O)(=O)C5CC5)c4C)c(C)n(C4CC4)c(=O)c23)c(F)c1. The number of pyridine rings is 1. The number of benzene rings is 2. The van der Waals surface area contributed by atoms with Crippen molar-refractivity contribution in [1.82, 2.24) is 4.57 Å². The van der Waals surface area contributed by atoms with Crippen molar-refractivity contribution in [3.63, 3.8) is 0 Å². The largest absolute Gasteiger partial charge is 0.421 e. The molecular weight excluding hydrogens is 531 g/mol. The van der Waals surface area contributed by atoms with Gasteiger partial charge >= 0.3 is 5.63 Å². The van der Waals surface area contributed by atoms with Gasteiger partial charge in [-0.3, -0.25) is 4.79 Å². The molecule has 4 aromatic rings. The van der Waals surface area contributed by atoms with Crippen LogP contribution in [0.3, 0.4) is 0 Å². The highest BCUT2D eigenvalue weighted by Crippen LogP contribution is 2.42. The standard InChI is InChI=1S/C31H31FN2O5S/c1-16-8-13-25(24(32)14-16)33-28-18(3)31(36)39-29-26(19(4)34(21-9-10-21)30(35)27(28)29)23-7-5-6-20(17(23)2)15-40(37,38)22-11-12-22/h5-8,13-14,21-22,33H,9-12,15H2,1-4H3. The second kappa shape index (κ2) is 9.44. The van der Waals surface area contributed by atoms with Crippen molar-refractivity contribution in [2.24, 2.45) is 0 Å². The lowest BCUT2D eigenvalue weighted by atomic mass is 9.94. The summed E-state index contributed by atoms with van der Waals surface area (Å²) in [6, 6.07) is 10.2. The first-order valence-corrected chi connectivity index (χ1v) is 15.3. The van der Waals surface area contributed by atoms with Gasteiger partial charge in [0.05, 0.1) is 27.9 Å². The molecule has 7 nitrogen and oxygen atoms in total. The molecule has 2 aliphatic carbocycles. The molecular formula is C31H31FN2O5S. The van der Waals surface area contributed by atoms with Crippen LogP contribution in [0.25, 0.3) is 22.1 Å². The summed E-state index contributed by atoms with van der Waals surface area (Å²) >= 11 is 0. The number of hydrogen-bond acceptors (Lipinski definition) is 6. The summed E-state index contributed by atoms with van der Waals surface area (Å²) < 4.78 is 48.2. The van der Waals surface area contributed by atoms with Gasteiger partial charge in [0, 0.05) is 17.3 Å². The molecule has 0 amide bonds. The molecule has 0 bridgehead atoms. The third-order valence-electron chi connectivity index (χ3n) is 8.14. The van der Waals surface area contributed by atoms with Crippen molar-refractivity contribution in [3.8, 4) is 11.1 Å². The van der Waals surface area contributed by atoms with Crippen LogP contribution >= 0.6 is 0 Å². The quantitative estimate of drug-likeness (QED) is 0.290. The van der Waals surface area contributed by atoms with Crippen molar-refractivity contribution in [2.45, 2.75) is 70.4 Å². The third-order valence-corrected chi connectivity index (χ3v) is 10.3. The molecule has 2 aromatic heterocycles. The molecule has 0 atom stereocenters. The van der Waals surface area contributed by atoms with Crippen LogP contribution < -0.4 is 16.5 Å². The summed E-state index contributed by atoms with van der Waals surface area (Å²) in [4.78, 5) is 27.2.